The third kappa shape index (κ3) is 5.10. The standard InChI is InChI=1S/C24H26O2P.BrH/c1-24(2,3)26-23(25)19-27(20-13-7-4-8-14-20,21-15-9-5-10-16-21)22-17-11-6-12-18-22;/h4-18H,19H2,1-3H3;1H/q+1;/p-1. The highest BCUT2D eigenvalue weighted by atomic mass is 79.9. The van der Waals surface area contributed by atoms with E-state index >= 15 is 0 Å². The van der Waals surface area contributed by atoms with Crippen molar-refractivity contribution in [2.75, 3.05) is 6.16 Å². The Bertz CT molecular complexity index is 778. The smallest absolute Gasteiger partial charge is 0.345 e. The van der Waals surface area contributed by atoms with Crippen molar-refractivity contribution in [1.29, 1.82) is 0 Å². The van der Waals surface area contributed by atoms with E-state index in [-0.39, 0.29) is 23.0 Å². The van der Waals surface area contributed by atoms with E-state index in [4.69, 9.17) is 4.74 Å². The van der Waals surface area contributed by atoms with Crippen LogP contribution in [0.2, 0.25) is 0 Å². The monoisotopic (exact) mass is 456 g/mol. The quantitative estimate of drug-likeness (QED) is 0.427. The Morgan fingerprint density at radius 3 is 1.32 bits per heavy atom. The number of carbonyl (C=O) groups excluding carboxylic acids is 1. The van der Waals surface area contributed by atoms with Gasteiger partial charge in [-0.1, -0.05) is 54.6 Å². The van der Waals surface area contributed by atoms with E-state index in [0.29, 0.717) is 6.16 Å². The second-order valence-corrected chi connectivity index (χ2v) is 11.0. The van der Waals surface area contributed by atoms with Gasteiger partial charge in [-0.3, -0.25) is 0 Å². The molecule has 0 spiro atoms. The van der Waals surface area contributed by atoms with Gasteiger partial charge in [-0.15, -0.1) is 0 Å². The Hall–Kier alpha value is -1.96. The lowest BCUT2D eigenvalue weighted by molar-refractivity contribution is -0.151. The molecule has 0 bridgehead atoms. The van der Waals surface area contributed by atoms with E-state index < -0.39 is 12.9 Å². The van der Waals surface area contributed by atoms with Crippen LogP contribution in [0.3, 0.4) is 0 Å². The number of hydrogen-bond acceptors (Lipinski definition) is 2. The van der Waals surface area contributed by atoms with Crippen LogP contribution in [0.15, 0.2) is 91.0 Å². The molecule has 0 radical (unpaired) electrons. The fourth-order valence-corrected chi connectivity index (χ4v) is 7.27. The van der Waals surface area contributed by atoms with Crippen LogP contribution in [0.25, 0.3) is 0 Å². The predicted octanol–water partition coefficient (Wildman–Crippen LogP) is 1.33. The molecule has 0 fully saturated rings. The third-order valence-electron chi connectivity index (χ3n) is 4.38. The Labute approximate surface area is 179 Å². The van der Waals surface area contributed by atoms with Gasteiger partial charge in [0.2, 0.25) is 0 Å². The SMILES string of the molecule is CC(C)(C)OC(=O)C[P+](c1ccccc1)(c1ccccc1)c1ccccc1.[Br-]. The molecule has 0 amide bonds. The van der Waals surface area contributed by atoms with E-state index in [2.05, 4.69) is 36.4 Å². The largest absolute Gasteiger partial charge is 1.00 e. The first-order chi connectivity index (χ1) is 12.9. The van der Waals surface area contributed by atoms with Crippen molar-refractivity contribution in [3.8, 4) is 0 Å². The van der Waals surface area contributed by atoms with Crippen LogP contribution in [-0.4, -0.2) is 17.7 Å². The summed E-state index contributed by atoms with van der Waals surface area (Å²) in [5.74, 6) is -0.160. The van der Waals surface area contributed by atoms with Crippen molar-refractivity contribution >= 4 is 29.1 Å². The topological polar surface area (TPSA) is 26.3 Å². The van der Waals surface area contributed by atoms with Crippen LogP contribution in [0, 0.1) is 0 Å². The summed E-state index contributed by atoms with van der Waals surface area (Å²) >= 11 is 0. The van der Waals surface area contributed by atoms with E-state index in [1.165, 1.54) is 15.9 Å². The number of ether oxygens (including phenoxy) is 1. The zero-order chi connectivity index (χ0) is 19.3. The van der Waals surface area contributed by atoms with E-state index in [1.807, 2.05) is 75.4 Å². The molecule has 0 aliphatic rings. The molecule has 0 aliphatic heterocycles. The summed E-state index contributed by atoms with van der Waals surface area (Å²) in [4.78, 5) is 13.0. The van der Waals surface area contributed by atoms with Gasteiger partial charge in [-0.25, -0.2) is 4.79 Å². The Kier molecular flexibility index (Phi) is 7.57. The summed E-state index contributed by atoms with van der Waals surface area (Å²) in [7, 11) is -2.17. The molecule has 0 heterocycles. The minimum Gasteiger partial charge on any atom is -1.00 e. The average Bonchev–Trinajstić information content (AvgIpc) is 2.67. The molecule has 3 rings (SSSR count). The Balaban J connectivity index is 0.00000280. The number of benzene rings is 3. The molecular weight excluding hydrogens is 431 g/mol. The molecule has 4 heteroatoms. The summed E-state index contributed by atoms with van der Waals surface area (Å²) in [6, 6.07) is 31.1. The molecule has 28 heavy (non-hydrogen) atoms. The molecule has 146 valence electrons. The molecule has 3 aromatic rings. The van der Waals surface area contributed by atoms with Gasteiger partial charge in [0.25, 0.3) is 0 Å². The van der Waals surface area contributed by atoms with Crippen molar-refractivity contribution < 1.29 is 26.5 Å². The second-order valence-electron chi connectivity index (χ2n) is 7.56. The molecule has 0 unspecified atom stereocenters. The fourth-order valence-electron chi connectivity index (χ4n) is 3.34. The van der Waals surface area contributed by atoms with Crippen LogP contribution in [0.5, 0.6) is 0 Å². The van der Waals surface area contributed by atoms with Crippen LogP contribution < -0.4 is 32.9 Å². The van der Waals surface area contributed by atoms with Gasteiger partial charge >= 0.3 is 5.97 Å². The summed E-state index contributed by atoms with van der Waals surface area (Å²) in [5.41, 5.74) is -0.503. The third-order valence-corrected chi connectivity index (χ3v) is 8.65. The van der Waals surface area contributed by atoms with Crippen LogP contribution in [0.4, 0.5) is 0 Å². The van der Waals surface area contributed by atoms with Crippen molar-refractivity contribution in [1.82, 2.24) is 0 Å². The average molecular weight is 457 g/mol. The number of carbonyl (C=O) groups is 1. The maximum absolute atomic E-state index is 13.0. The zero-order valence-corrected chi connectivity index (χ0v) is 19.0. The molecule has 0 aliphatic carbocycles. The molecule has 0 saturated heterocycles. The first kappa shape index (κ1) is 22.3. The molecule has 0 saturated carbocycles. The minimum atomic E-state index is -2.17. The molecule has 3 aromatic carbocycles. The van der Waals surface area contributed by atoms with Crippen molar-refractivity contribution in [3.05, 3.63) is 91.0 Å². The zero-order valence-electron chi connectivity index (χ0n) is 16.5. The van der Waals surface area contributed by atoms with Crippen molar-refractivity contribution in [2.45, 2.75) is 26.4 Å². The van der Waals surface area contributed by atoms with E-state index in [9.17, 15) is 4.79 Å². The molecular formula is C24H26BrO2P. The maximum Gasteiger partial charge on any atom is 0.345 e. The first-order valence-corrected chi connectivity index (χ1v) is 11.2. The van der Waals surface area contributed by atoms with Gasteiger partial charge < -0.3 is 21.7 Å². The van der Waals surface area contributed by atoms with E-state index in [0.717, 1.165) is 0 Å². The lowest BCUT2D eigenvalue weighted by Crippen LogP contribution is -3.00. The highest BCUT2D eigenvalue weighted by Crippen LogP contribution is 2.55. The lowest BCUT2D eigenvalue weighted by atomic mass is 10.2. The molecule has 0 aromatic heterocycles. The van der Waals surface area contributed by atoms with Gasteiger partial charge in [0, 0.05) is 0 Å². The molecule has 0 N–H and O–H groups in total. The second kappa shape index (κ2) is 9.49. The van der Waals surface area contributed by atoms with Crippen LogP contribution in [0.1, 0.15) is 20.8 Å². The highest BCUT2D eigenvalue weighted by molar-refractivity contribution is 7.96. The van der Waals surface area contributed by atoms with Crippen molar-refractivity contribution in [3.63, 3.8) is 0 Å². The summed E-state index contributed by atoms with van der Waals surface area (Å²) in [6.45, 7) is 5.75. The Morgan fingerprint density at radius 1 is 0.714 bits per heavy atom. The molecule has 2 nitrogen and oxygen atoms in total. The molecule has 0 atom stereocenters. The first-order valence-electron chi connectivity index (χ1n) is 9.19. The number of rotatable bonds is 5. The number of halogens is 1. The summed E-state index contributed by atoms with van der Waals surface area (Å²) in [5, 5.41) is 3.56. The predicted molar refractivity (Wildman–Crippen MR) is 116 cm³/mol. The van der Waals surface area contributed by atoms with Crippen LogP contribution >= 0.6 is 7.26 Å². The highest BCUT2D eigenvalue weighted by Gasteiger charge is 2.48. The lowest BCUT2D eigenvalue weighted by Gasteiger charge is -2.28. The normalized spacial score (nSPS) is 11.4. The maximum atomic E-state index is 13.0. The summed E-state index contributed by atoms with van der Waals surface area (Å²) in [6.07, 6.45) is 0.350. The van der Waals surface area contributed by atoms with Gasteiger partial charge in [-0.05, 0) is 57.2 Å². The van der Waals surface area contributed by atoms with Gasteiger partial charge in [0.15, 0.2) is 6.16 Å². The van der Waals surface area contributed by atoms with Gasteiger partial charge in [0.1, 0.15) is 28.8 Å². The Morgan fingerprint density at radius 2 is 1.04 bits per heavy atom. The van der Waals surface area contributed by atoms with E-state index in [1.54, 1.807) is 0 Å². The number of hydrogen-bond donors (Lipinski definition) is 0. The number of esters is 1. The minimum absolute atomic E-state index is 0. The summed E-state index contributed by atoms with van der Waals surface area (Å²) < 4.78 is 5.75. The van der Waals surface area contributed by atoms with Crippen molar-refractivity contribution in [2.24, 2.45) is 0 Å². The fraction of sp³-hybridized carbons (Fsp3) is 0.208. The van der Waals surface area contributed by atoms with Crippen LogP contribution in [-0.2, 0) is 9.53 Å². The van der Waals surface area contributed by atoms with Gasteiger partial charge in [0.05, 0.1) is 0 Å². The van der Waals surface area contributed by atoms with Gasteiger partial charge in [-0.2, -0.15) is 0 Å².